The lowest BCUT2D eigenvalue weighted by atomic mass is 10.1. The van der Waals surface area contributed by atoms with Crippen LogP contribution >= 0.6 is 0 Å². The fourth-order valence-corrected chi connectivity index (χ4v) is 3.35. The normalized spacial score (nSPS) is 10.7. The molecular formula is C23H21FN2O3. The lowest BCUT2D eigenvalue weighted by Crippen LogP contribution is -2.14. The molecule has 6 heteroatoms. The molecule has 0 spiro atoms. The van der Waals surface area contributed by atoms with Gasteiger partial charge in [-0.3, -0.25) is 14.4 Å². The number of aromatic nitrogens is 1. The van der Waals surface area contributed by atoms with Crippen LogP contribution in [0.15, 0.2) is 42.5 Å². The van der Waals surface area contributed by atoms with Crippen molar-refractivity contribution < 1.29 is 18.8 Å². The molecule has 3 rings (SSSR count). The molecule has 0 aliphatic rings. The van der Waals surface area contributed by atoms with Gasteiger partial charge in [0.1, 0.15) is 5.82 Å². The lowest BCUT2D eigenvalue weighted by molar-refractivity contribution is 0.100. The first kappa shape index (κ1) is 20.2. The number of ketones is 1. The summed E-state index contributed by atoms with van der Waals surface area (Å²) in [5, 5.41) is 2.70. The number of aldehydes is 1. The smallest absolute Gasteiger partial charge is 0.255 e. The van der Waals surface area contributed by atoms with Crippen LogP contribution < -0.4 is 5.32 Å². The third-order valence-corrected chi connectivity index (χ3v) is 4.91. The van der Waals surface area contributed by atoms with Gasteiger partial charge >= 0.3 is 0 Å². The van der Waals surface area contributed by atoms with E-state index in [4.69, 9.17) is 0 Å². The minimum absolute atomic E-state index is 0.0765. The highest BCUT2D eigenvalue weighted by Crippen LogP contribution is 2.24. The molecule has 0 unspecified atom stereocenters. The van der Waals surface area contributed by atoms with Crippen molar-refractivity contribution >= 4 is 23.7 Å². The van der Waals surface area contributed by atoms with Crippen LogP contribution in [-0.2, 0) is 0 Å². The third kappa shape index (κ3) is 3.87. The molecule has 29 heavy (non-hydrogen) atoms. The van der Waals surface area contributed by atoms with Gasteiger partial charge in [0.25, 0.3) is 5.91 Å². The molecular weight excluding hydrogens is 371 g/mol. The van der Waals surface area contributed by atoms with E-state index in [2.05, 4.69) is 5.32 Å². The van der Waals surface area contributed by atoms with Crippen LogP contribution in [0.4, 0.5) is 10.1 Å². The number of aryl methyl sites for hydroxylation is 2. The molecule has 0 fully saturated rings. The summed E-state index contributed by atoms with van der Waals surface area (Å²) in [6.07, 6.45) is 0.811. The molecule has 2 aromatic carbocycles. The van der Waals surface area contributed by atoms with Gasteiger partial charge in [-0.25, -0.2) is 4.39 Å². The van der Waals surface area contributed by atoms with Gasteiger partial charge < -0.3 is 9.88 Å². The number of halogens is 1. The maximum absolute atomic E-state index is 13.7. The van der Waals surface area contributed by atoms with Gasteiger partial charge in [-0.05, 0) is 69.7 Å². The molecule has 1 N–H and O–H groups in total. The summed E-state index contributed by atoms with van der Waals surface area (Å²) in [6.45, 7) is 6.94. The molecule has 0 saturated carbocycles. The molecule has 1 heterocycles. The quantitative estimate of drug-likeness (QED) is 0.500. The zero-order chi connectivity index (χ0) is 21.3. The summed E-state index contributed by atoms with van der Waals surface area (Å²) >= 11 is 0. The minimum Gasteiger partial charge on any atom is -0.322 e. The molecule has 0 radical (unpaired) electrons. The predicted octanol–water partition coefficient (Wildman–Crippen LogP) is 4.81. The number of carbonyl (C=O) groups is 3. The molecule has 0 aliphatic heterocycles. The van der Waals surface area contributed by atoms with E-state index in [-0.39, 0.29) is 11.5 Å². The summed E-state index contributed by atoms with van der Waals surface area (Å²) in [4.78, 5) is 35.5. The number of nitrogens with one attached hydrogen (secondary N) is 1. The fraction of sp³-hybridized carbons (Fsp3) is 0.174. The van der Waals surface area contributed by atoms with Crippen molar-refractivity contribution in [1.29, 1.82) is 0 Å². The topological polar surface area (TPSA) is 68.2 Å². The number of rotatable bonds is 5. The first-order valence-electron chi connectivity index (χ1n) is 9.10. The molecule has 0 atom stereocenters. The number of Topliss-reactive ketones (excluding diaryl/α,β-unsaturated/α-hetero) is 1. The standard InChI is InChI=1S/C23H21FN2O3/c1-13-5-6-17(10-22(13)26-14(2)9-18(12-27)15(26)3)23(29)25-19-7-8-21(24)20(11-19)16(4)28/h5-12H,1-4H3,(H,25,29). The maximum Gasteiger partial charge on any atom is 0.255 e. The van der Waals surface area contributed by atoms with Crippen LogP contribution in [0.25, 0.3) is 5.69 Å². The van der Waals surface area contributed by atoms with Crippen molar-refractivity contribution in [3.05, 3.63) is 81.9 Å². The van der Waals surface area contributed by atoms with E-state index in [1.807, 2.05) is 31.4 Å². The Morgan fingerprint density at radius 3 is 2.38 bits per heavy atom. The number of hydrogen-bond acceptors (Lipinski definition) is 3. The number of benzene rings is 2. The Morgan fingerprint density at radius 1 is 1.03 bits per heavy atom. The lowest BCUT2D eigenvalue weighted by Gasteiger charge is -2.15. The highest BCUT2D eigenvalue weighted by Gasteiger charge is 2.15. The number of anilines is 1. The van der Waals surface area contributed by atoms with Crippen LogP contribution in [-0.4, -0.2) is 22.5 Å². The highest BCUT2D eigenvalue weighted by molar-refractivity contribution is 6.05. The molecule has 1 amide bonds. The SMILES string of the molecule is CC(=O)c1cc(NC(=O)c2ccc(C)c(-n3c(C)cc(C=O)c3C)c2)ccc1F. The van der Waals surface area contributed by atoms with Crippen molar-refractivity contribution in [1.82, 2.24) is 4.57 Å². The van der Waals surface area contributed by atoms with Crippen molar-refractivity contribution in [2.75, 3.05) is 5.32 Å². The molecule has 0 aliphatic carbocycles. The molecule has 5 nitrogen and oxygen atoms in total. The van der Waals surface area contributed by atoms with Crippen LogP contribution in [0.5, 0.6) is 0 Å². The van der Waals surface area contributed by atoms with E-state index in [1.165, 1.54) is 19.1 Å². The van der Waals surface area contributed by atoms with Gasteiger partial charge in [-0.2, -0.15) is 0 Å². The average molecular weight is 392 g/mol. The van der Waals surface area contributed by atoms with E-state index in [0.29, 0.717) is 16.8 Å². The zero-order valence-corrected chi connectivity index (χ0v) is 16.7. The fourth-order valence-electron chi connectivity index (χ4n) is 3.35. The van der Waals surface area contributed by atoms with Gasteiger partial charge in [0.15, 0.2) is 12.1 Å². The van der Waals surface area contributed by atoms with Crippen molar-refractivity contribution in [2.24, 2.45) is 0 Å². The Kier molecular flexibility index (Phi) is 5.46. The largest absolute Gasteiger partial charge is 0.322 e. The first-order valence-corrected chi connectivity index (χ1v) is 9.10. The van der Waals surface area contributed by atoms with Gasteiger partial charge in [-0.15, -0.1) is 0 Å². The summed E-state index contributed by atoms with van der Waals surface area (Å²) in [7, 11) is 0. The summed E-state index contributed by atoms with van der Waals surface area (Å²) in [6, 6.07) is 11.0. The second-order valence-electron chi connectivity index (χ2n) is 6.99. The van der Waals surface area contributed by atoms with E-state index in [1.54, 1.807) is 18.2 Å². The van der Waals surface area contributed by atoms with Gasteiger partial charge in [0.2, 0.25) is 0 Å². The summed E-state index contributed by atoms with van der Waals surface area (Å²) in [5.74, 6) is -1.43. The van der Waals surface area contributed by atoms with E-state index < -0.39 is 11.6 Å². The summed E-state index contributed by atoms with van der Waals surface area (Å²) < 4.78 is 15.6. The highest BCUT2D eigenvalue weighted by atomic mass is 19.1. The van der Waals surface area contributed by atoms with Crippen molar-refractivity contribution in [2.45, 2.75) is 27.7 Å². The molecule has 0 bridgehead atoms. The minimum atomic E-state index is -0.627. The number of hydrogen-bond donors (Lipinski definition) is 1. The molecule has 0 saturated heterocycles. The van der Waals surface area contributed by atoms with Gasteiger partial charge in [0, 0.05) is 33.9 Å². The second kappa shape index (κ2) is 7.83. The van der Waals surface area contributed by atoms with Crippen LogP contribution in [0.1, 0.15) is 54.9 Å². The summed E-state index contributed by atoms with van der Waals surface area (Å²) in [5.41, 5.74) is 4.68. The number of amides is 1. The van der Waals surface area contributed by atoms with E-state index in [0.717, 1.165) is 35.0 Å². The average Bonchev–Trinajstić information content (AvgIpc) is 2.97. The maximum atomic E-state index is 13.7. The van der Waals surface area contributed by atoms with Gasteiger partial charge in [0.05, 0.1) is 5.56 Å². The Balaban J connectivity index is 1.97. The van der Waals surface area contributed by atoms with Crippen molar-refractivity contribution in [3.8, 4) is 5.69 Å². The van der Waals surface area contributed by atoms with E-state index in [9.17, 15) is 18.8 Å². The third-order valence-electron chi connectivity index (χ3n) is 4.91. The first-order chi connectivity index (χ1) is 13.7. The number of carbonyl (C=O) groups excluding carboxylic acids is 3. The Hall–Kier alpha value is -3.54. The molecule has 3 aromatic rings. The Labute approximate surface area is 168 Å². The van der Waals surface area contributed by atoms with E-state index >= 15 is 0 Å². The predicted molar refractivity (Wildman–Crippen MR) is 110 cm³/mol. The monoisotopic (exact) mass is 392 g/mol. The molecule has 148 valence electrons. The molecule has 1 aromatic heterocycles. The van der Waals surface area contributed by atoms with Crippen LogP contribution in [0.2, 0.25) is 0 Å². The second-order valence-corrected chi connectivity index (χ2v) is 6.99. The Bertz CT molecular complexity index is 1150. The van der Waals surface area contributed by atoms with Gasteiger partial charge in [-0.1, -0.05) is 6.07 Å². The number of nitrogens with zero attached hydrogens (tertiary/aromatic N) is 1. The zero-order valence-electron chi connectivity index (χ0n) is 16.7. The van der Waals surface area contributed by atoms with Crippen LogP contribution in [0, 0.1) is 26.6 Å². The van der Waals surface area contributed by atoms with Crippen LogP contribution in [0.3, 0.4) is 0 Å². The Morgan fingerprint density at radius 2 is 1.76 bits per heavy atom. The van der Waals surface area contributed by atoms with Crippen molar-refractivity contribution in [3.63, 3.8) is 0 Å².